The Balaban J connectivity index is 1.87. The van der Waals surface area contributed by atoms with Crippen molar-refractivity contribution in [2.45, 2.75) is 40.5 Å². The van der Waals surface area contributed by atoms with Crippen LogP contribution in [0, 0.1) is 25.1 Å². The number of hydrogen-bond donors (Lipinski definition) is 1. The number of hydrogen-bond acceptors (Lipinski definition) is 5. The van der Waals surface area contributed by atoms with Crippen LogP contribution in [-0.2, 0) is 6.42 Å². The number of aryl methyl sites for hydroxylation is 2. The summed E-state index contributed by atoms with van der Waals surface area (Å²) in [5.74, 6) is 0.613. The molecule has 3 aromatic rings. The first kappa shape index (κ1) is 18.3. The van der Waals surface area contributed by atoms with Gasteiger partial charge in [0.15, 0.2) is 11.6 Å². The Bertz CT molecular complexity index is 1050. The summed E-state index contributed by atoms with van der Waals surface area (Å²) in [6.45, 7) is 7.95. The van der Waals surface area contributed by atoms with Crippen LogP contribution in [0.4, 0.5) is 15.9 Å². The third kappa shape index (κ3) is 3.40. The van der Waals surface area contributed by atoms with Crippen LogP contribution in [0.3, 0.4) is 0 Å². The van der Waals surface area contributed by atoms with E-state index in [-0.39, 0.29) is 17.0 Å². The Labute approximate surface area is 162 Å². The highest BCUT2D eigenvalue weighted by Crippen LogP contribution is 2.39. The first-order valence-corrected chi connectivity index (χ1v) is 9.22. The molecular weight excluding hydrogens is 357 g/mol. The number of nitrogens with one attached hydrogen (secondary N) is 1. The van der Waals surface area contributed by atoms with E-state index < -0.39 is 0 Å². The number of carbonyl (C=O) groups excluding carboxylic acids is 1. The van der Waals surface area contributed by atoms with E-state index in [0.717, 1.165) is 17.1 Å². The van der Waals surface area contributed by atoms with Crippen LogP contribution in [0.25, 0.3) is 5.95 Å². The predicted molar refractivity (Wildman–Crippen MR) is 105 cm³/mol. The molecule has 4 rings (SSSR count). The Hall–Kier alpha value is -3.09. The molecule has 0 saturated heterocycles. The summed E-state index contributed by atoms with van der Waals surface area (Å²) < 4.78 is 14.9. The van der Waals surface area contributed by atoms with Crippen molar-refractivity contribution in [3.8, 4) is 5.95 Å². The zero-order valence-corrected chi connectivity index (χ0v) is 16.4. The number of Topliss-reactive ketones (excluding diaryl/α,β-unsaturated/α-hetero) is 1. The molecule has 0 unspecified atom stereocenters. The van der Waals surface area contributed by atoms with E-state index in [2.05, 4.69) is 34.2 Å². The van der Waals surface area contributed by atoms with Crippen molar-refractivity contribution in [3.63, 3.8) is 0 Å². The Kier molecular flexibility index (Phi) is 4.25. The topological polar surface area (TPSA) is 72.7 Å². The minimum Gasteiger partial charge on any atom is -0.338 e. The summed E-state index contributed by atoms with van der Waals surface area (Å²) in [6.07, 6.45) is 1.13. The maximum absolute atomic E-state index is 13.2. The van der Waals surface area contributed by atoms with E-state index in [9.17, 15) is 9.18 Å². The van der Waals surface area contributed by atoms with Gasteiger partial charge in [-0.2, -0.15) is 0 Å². The summed E-state index contributed by atoms with van der Waals surface area (Å²) >= 11 is 0. The molecule has 0 radical (unpaired) electrons. The van der Waals surface area contributed by atoms with Gasteiger partial charge in [0.1, 0.15) is 5.82 Å². The molecule has 0 spiro atoms. The maximum Gasteiger partial charge on any atom is 0.251 e. The van der Waals surface area contributed by atoms with Crippen LogP contribution in [0.2, 0.25) is 0 Å². The third-order valence-electron chi connectivity index (χ3n) is 4.81. The van der Waals surface area contributed by atoms with Gasteiger partial charge >= 0.3 is 0 Å². The molecule has 144 valence electrons. The predicted octanol–water partition coefficient (Wildman–Crippen LogP) is 4.32. The molecule has 0 amide bonds. The molecule has 7 heteroatoms. The number of rotatable bonds is 3. The number of benzene rings is 1. The average molecular weight is 379 g/mol. The van der Waals surface area contributed by atoms with Crippen molar-refractivity contribution >= 4 is 17.3 Å². The Morgan fingerprint density at radius 1 is 1.07 bits per heavy atom. The summed E-state index contributed by atoms with van der Waals surface area (Å²) in [4.78, 5) is 22.0. The van der Waals surface area contributed by atoms with Crippen LogP contribution in [0.15, 0.2) is 30.3 Å². The van der Waals surface area contributed by atoms with Crippen LogP contribution in [0.1, 0.15) is 47.7 Å². The lowest BCUT2D eigenvalue weighted by Gasteiger charge is -2.28. The number of anilines is 2. The van der Waals surface area contributed by atoms with Gasteiger partial charge < -0.3 is 5.32 Å². The molecule has 0 fully saturated rings. The SMILES string of the molecule is Cc1cc(C)nc(-n2nc(Nc3ccc(F)cc3)c3c2CC(C)(C)CC3=O)n1. The molecule has 0 bridgehead atoms. The van der Waals surface area contributed by atoms with Gasteiger partial charge in [-0.05, 0) is 56.0 Å². The van der Waals surface area contributed by atoms with Crippen LogP contribution in [0.5, 0.6) is 0 Å². The molecule has 0 atom stereocenters. The summed E-state index contributed by atoms with van der Waals surface area (Å²) in [5.41, 5.74) is 3.52. The van der Waals surface area contributed by atoms with E-state index in [0.29, 0.717) is 35.9 Å². The molecular formula is C21H22FN5O. The van der Waals surface area contributed by atoms with Gasteiger partial charge in [-0.1, -0.05) is 13.8 Å². The summed E-state index contributed by atoms with van der Waals surface area (Å²) in [5, 5.41) is 7.81. The smallest absolute Gasteiger partial charge is 0.251 e. The minimum atomic E-state index is -0.320. The highest BCUT2D eigenvalue weighted by Gasteiger charge is 2.37. The van der Waals surface area contributed by atoms with Crippen LogP contribution < -0.4 is 5.32 Å². The van der Waals surface area contributed by atoms with Gasteiger partial charge in [0, 0.05) is 23.5 Å². The highest BCUT2D eigenvalue weighted by atomic mass is 19.1. The number of halogens is 1. The summed E-state index contributed by atoms with van der Waals surface area (Å²) in [6, 6.07) is 7.86. The summed E-state index contributed by atoms with van der Waals surface area (Å²) in [7, 11) is 0. The molecule has 6 nitrogen and oxygen atoms in total. The zero-order valence-electron chi connectivity index (χ0n) is 16.4. The molecule has 2 aromatic heterocycles. The molecule has 28 heavy (non-hydrogen) atoms. The lowest BCUT2D eigenvalue weighted by molar-refractivity contribution is 0.0911. The van der Waals surface area contributed by atoms with Crippen molar-refractivity contribution in [2.24, 2.45) is 5.41 Å². The van der Waals surface area contributed by atoms with Crippen molar-refractivity contribution in [2.75, 3.05) is 5.32 Å². The molecule has 2 heterocycles. The Morgan fingerprint density at radius 2 is 1.71 bits per heavy atom. The molecule has 1 aromatic carbocycles. The molecule has 0 aliphatic heterocycles. The second-order valence-electron chi connectivity index (χ2n) is 8.11. The average Bonchev–Trinajstić information content (AvgIpc) is 2.93. The minimum absolute atomic E-state index is 0.0338. The van der Waals surface area contributed by atoms with Gasteiger partial charge in [0.05, 0.1) is 11.3 Å². The van der Waals surface area contributed by atoms with Gasteiger partial charge in [-0.3, -0.25) is 4.79 Å². The number of carbonyl (C=O) groups is 1. The number of ketones is 1. The number of aromatic nitrogens is 4. The van der Waals surface area contributed by atoms with Crippen molar-refractivity contribution in [1.82, 2.24) is 19.7 Å². The van der Waals surface area contributed by atoms with Crippen LogP contribution in [-0.4, -0.2) is 25.5 Å². The molecule has 1 aliphatic rings. The largest absolute Gasteiger partial charge is 0.338 e. The van der Waals surface area contributed by atoms with Crippen molar-refractivity contribution in [3.05, 3.63) is 58.8 Å². The maximum atomic E-state index is 13.2. The number of fused-ring (bicyclic) bond motifs is 1. The van der Waals surface area contributed by atoms with Gasteiger partial charge in [-0.15, -0.1) is 5.10 Å². The third-order valence-corrected chi connectivity index (χ3v) is 4.81. The second-order valence-corrected chi connectivity index (χ2v) is 8.11. The molecule has 0 saturated carbocycles. The first-order chi connectivity index (χ1) is 13.2. The molecule has 1 aliphatic carbocycles. The normalized spacial score (nSPS) is 15.4. The van der Waals surface area contributed by atoms with Crippen molar-refractivity contribution < 1.29 is 9.18 Å². The fraction of sp³-hybridized carbons (Fsp3) is 0.333. The fourth-order valence-electron chi connectivity index (χ4n) is 3.67. The first-order valence-electron chi connectivity index (χ1n) is 9.22. The Morgan fingerprint density at radius 3 is 2.36 bits per heavy atom. The van der Waals surface area contributed by atoms with Crippen LogP contribution >= 0.6 is 0 Å². The van der Waals surface area contributed by atoms with E-state index >= 15 is 0 Å². The fourth-order valence-corrected chi connectivity index (χ4v) is 3.67. The van der Waals surface area contributed by atoms with Gasteiger partial charge in [0.25, 0.3) is 5.95 Å². The lowest BCUT2D eigenvalue weighted by atomic mass is 9.76. The van der Waals surface area contributed by atoms with E-state index in [4.69, 9.17) is 0 Å². The second kappa shape index (κ2) is 6.51. The monoisotopic (exact) mass is 379 g/mol. The van der Waals surface area contributed by atoms with Gasteiger partial charge in [0.2, 0.25) is 0 Å². The standard InChI is InChI=1S/C21H22FN5O/c1-12-9-13(2)24-20(23-12)27-16-10-21(3,4)11-17(28)18(16)19(26-27)25-15-7-5-14(22)6-8-15/h5-9H,10-11H2,1-4H3,(H,25,26). The number of nitrogens with zero attached hydrogens (tertiary/aromatic N) is 4. The lowest BCUT2D eigenvalue weighted by Crippen LogP contribution is -2.28. The quantitative estimate of drug-likeness (QED) is 0.734. The van der Waals surface area contributed by atoms with E-state index in [1.165, 1.54) is 12.1 Å². The zero-order chi connectivity index (χ0) is 20.1. The highest BCUT2D eigenvalue weighted by molar-refractivity contribution is 6.03. The van der Waals surface area contributed by atoms with Crippen molar-refractivity contribution in [1.29, 1.82) is 0 Å². The van der Waals surface area contributed by atoms with E-state index in [1.54, 1.807) is 16.8 Å². The molecule has 1 N–H and O–H groups in total. The van der Waals surface area contributed by atoms with Gasteiger partial charge in [-0.25, -0.2) is 19.0 Å². The van der Waals surface area contributed by atoms with E-state index in [1.807, 2.05) is 19.9 Å².